The summed E-state index contributed by atoms with van der Waals surface area (Å²) in [5, 5.41) is 2.97. The average molecular weight is 282 g/mol. The molecule has 0 aromatic carbocycles. The van der Waals surface area contributed by atoms with Gasteiger partial charge in [-0.05, 0) is 25.7 Å². The van der Waals surface area contributed by atoms with Crippen LogP contribution in [0.25, 0.3) is 0 Å². The number of nitrogens with zero attached hydrogens (tertiary/aromatic N) is 1. The molecule has 2 amide bonds. The molecular formula is C16H30N2O2. The Morgan fingerprint density at radius 1 is 1.15 bits per heavy atom. The molecule has 0 saturated carbocycles. The fourth-order valence-electron chi connectivity index (χ4n) is 3.32. The Hall–Kier alpha value is -1.06. The van der Waals surface area contributed by atoms with Gasteiger partial charge in [-0.25, -0.2) is 0 Å². The van der Waals surface area contributed by atoms with Crippen LogP contribution in [0.5, 0.6) is 0 Å². The van der Waals surface area contributed by atoms with Crippen molar-refractivity contribution in [1.29, 1.82) is 0 Å². The summed E-state index contributed by atoms with van der Waals surface area (Å²) >= 11 is 0. The van der Waals surface area contributed by atoms with Crippen molar-refractivity contribution < 1.29 is 9.59 Å². The topological polar surface area (TPSA) is 49.4 Å². The molecule has 0 spiro atoms. The normalized spacial score (nSPS) is 20.8. The highest BCUT2D eigenvalue weighted by atomic mass is 16.2. The van der Waals surface area contributed by atoms with Crippen molar-refractivity contribution in [3.05, 3.63) is 0 Å². The molecule has 1 aliphatic rings. The first-order valence-corrected chi connectivity index (χ1v) is 8.07. The van der Waals surface area contributed by atoms with Crippen LogP contribution in [0.2, 0.25) is 0 Å². The zero-order chi connectivity index (χ0) is 15.3. The highest BCUT2D eigenvalue weighted by molar-refractivity contribution is 5.93. The van der Waals surface area contributed by atoms with E-state index in [4.69, 9.17) is 0 Å². The number of rotatable bonds is 6. The number of hydrogen-bond acceptors (Lipinski definition) is 2. The van der Waals surface area contributed by atoms with Crippen molar-refractivity contribution in [2.45, 2.75) is 78.3 Å². The van der Waals surface area contributed by atoms with Crippen molar-refractivity contribution in [3.63, 3.8) is 0 Å². The van der Waals surface area contributed by atoms with E-state index in [1.165, 1.54) is 0 Å². The van der Waals surface area contributed by atoms with Gasteiger partial charge in [0.1, 0.15) is 5.54 Å². The lowest BCUT2D eigenvalue weighted by Gasteiger charge is -2.39. The first kappa shape index (κ1) is 17.0. The molecule has 0 aromatic heterocycles. The Balaban J connectivity index is 3.06. The molecule has 4 heteroatoms. The third-order valence-corrected chi connectivity index (χ3v) is 5.06. The van der Waals surface area contributed by atoms with E-state index < -0.39 is 5.54 Å². The van der Waals surface area contributed by atoms with Gasteiger partial charge in [-0.15, -0.1) is 0 Å². The molecule has 116 valence electrons. The van der Waals surface area contributed by atoms with E-state index in [2.05, 4.69) is 26.1 Å². The van der Waals surface area contributed by atoms with Gasteiger partial charge in [0.05, 0.1) is 0 Å². The molecule has 1 fully saturated rings. The molecule has 0 radical (unpaired) electrons. The summed E-state index contributed by atoms with van der Waals surface area (Å²) in [6, 6.07) is 0.197. The Kier molecular flexibility index (Phi) is 6.03. The average Bonchev–Trinajstić information content (AvgIpc) is 2.57. The quantitative estimate of drug-likeness (QED) is 0.814. The maximum absolute atomic E-state index is 13.0. The molecule has 1 atom stereocenters. The number of amides is 2. The minimum absolute atomic E-state index is 0.00120. The molecular weight excluding hydrogens is 252 g/mol. The van der Waals surface area contributed by atoms with Gasteiger partial charge in [-0.2, -0.15) is 0 Å². The maximum Gasteiger partial charge on any atom is 0.248 e. The monoisotopic (exact) mass is 282 g/mol. The van der Waals surface area contributed by atoms with Gasteiger partial charge in [-0.3, -0.25) is 9.59 Å². The van der Waals surface area contributed by atoms with E-state index in [9.17, 15) is 9.59 Å². The van der Waals surface area contributed by atoms with Crippen LogP contribution < -0.4 is 5.32 Å². The summed E-state index contributed by atoms with van der Waals surface area (Å²) < 4.78 is 0. The third kappa shape index (κ3) is 3.15. The summed E-state index contributed by atoms with van der Waals surface area (Å²) in [6.45, 7) is 11.0. The Labute approximate surface area is 123 Å². The number of carbonyl (C=O) groups excluding carboxylic acids is 2. The van der Waals surface area contributed by atoms with Crippen LogP contribution in [-0.4, -0.2) is 34.8 Å². The SMILES string of the molecule is CCC(CC)C(C)N1CCC(=O)NC(CC)(CC)C1=O. The zero-order valence-corrected chi connectivity index (χ0v) is 13.7. The number of carbonyl (C=O) groups is 2. The van der Waals surface area contributed by atoms with E-state index in [1.807, 2.05) is 18.7 Å². The third-order valence-electron chi connectivity index (χ3n) is 5.06. The van der Waals surface area contributed by atoms with Crippen LogP contribution >= 0.6 is 0 Å². The molecule has 1 N–H and O–H groups in total. The minimum Gasteiger partial charge on any atom is -0.342 e. The summed E-state index contributed by atoms with van der Waals surface area (Å²) in [7, 11) is 0. The zero-order valence-electron chi connectivity index (χ0n) is 13.7. The summed E-state index contributed by atoms with van der Waals surface area (Å²) in [6.07, 6.45) is 3.85. The molecule has 1 rings (SSSR count). The van der Waals surface area contributed by atoms with E-state index >= 15 is 0 Å². The summed E-state index contributed by atoms with van der Waals surface area (Å²) in [4.78, 5) is 26.9. The van der Waals surface area contributed by atoms with Crippen LogP contribution in [0, 0.1) is 5.92 Å². The Morgan fingerprint density at radius 3 is 2.15 bits per heavy atom. The molecule has 0 aliphatic carbocycles. The second-order valence-electron chi connectivity index (χ2n) is 5.90. The standard InChI is InChI=1S/C16H30N2O2/c1-6-13(7-2)12(5)18-11-10-14(19)17-16(8-3,9-4)15(18)20/h12-13H,6-11H2,1-5H3,(H,17,19). The fraction of sp³-hybridized carbons (Fsp3) is 0.875. The summed E-state index contributed by atoms with van der Waals surface area (Å²) in [5.74, 6) is 0.604. The highest BCUT2D eigenvalue weighted by Crippen LogP contribution is 2.27. The van der Waals surface area contributed by atoms with E-state index in [-0.39, 0.29) is 17.9 Å². The van der Waals surface area contributed by atoms with E-state index in [1.54, 1.807) is 0 Å². The van der Waals surface area contributed by atoms with Gasteiger partial charge in [0.2, 0.25) is 11.8 Å². The van der Waals surface area contributed by atoms with Gasteiger partial charge in [0, 0.05) is 19.0 Å². The molecule has 0 aromatic rings. The lowest BCUT2D eigenvalue weighted by atomic mass is 9.88. The van der Waals surface area contributed by atoms with Gasteiger partial charge in [0.25, 0.3) is 0 Å². The van der Waals surface area contributed by atoms with Gasteiger partial charge < -0.3 is 10.2 Å². The lowest BCUT2D eigenvalue weighted by Crippen LogP contribution is -2.58. The summed E-state index contributed by atoms with van der Waals surface area (Å²) in [5.41, 5.74) is -0.701. The van der Waals surface area contributed by atoms with E-state index in [0.29, 0.717) is 31.7 Å². The minimum atomic E-state index is -0.701. The van der Waals surface area contributed by atoms with Gasteiger partial charge in [-0.1, -0.05) is 40.5 Å². The molecule has 1 aliphatic heterocycles. The number of nitrogens with one attached hydrogen (secondary N) is 1. The lowest BCUT2D eigenvalue weighted by molar-refractivity contribution is -0.142. The molecule has 1 unspecified atom stereocenters. The van der Waals surface area contributed by atoms with Crippen LogP contribution in [0.1, 0.15) is 66.7 Å². The van der Waals surface area contributed by atoms with Crippen molar-refractivity contribution in [1.82, 2.24) is 10.2 Å². The van der Waals surface area contributed by atoms with Crippen LogP contribution in [-0.2, 0) is 9.59 Å². The van der Waals surface area contributed by atoms with Gasteiger partial charge >= 0.3 is 0 Å². The molecule has 1 saturated heterocycles. The Bertz CT molecular complexity index is 346. The van der Waals surface area contributed by atoms with E-state index in [0.717, 1.165) is 12.8 Å². The Morgan fingerprint density at radius 2 is 1.70 bits per heavy atom. The molecule has 0 bridgehead atoms. The second kappa shape index (κ2) is 7.09. The highest BCUT2D eigenvalue weighted by Gasteiger charge is 2.43. The molecule has 4 nitrogen and oxygen atoms in total. The largest absolute Gasteiger partial charge is 0.342 e. The predicted molar refractivity (Wildman–Crippen MR) is 81.3 cm³/mol. The van der Waals surface area contributed by atoms with Crippen LogP contribution in [0.15, 0.2) is 0 Å². The first-order chi connectivity index (χ1) is 9.45. The van der Waals surface area contributed by atoms with Crippen molar-refractivity contribution in [2.24, 2.45) is 5.92 Å². The molecule has 20 heavy (non-hydrogen) atoms. The first-order valence-electron chi connectivity index (χ1n) is 8.07. The van der Waals surface area contributed by atoms with Gasteiger partial charge in [0.15, 0.2) is 0 Å². The fourth-order valence-corrected chi connectivity index (χ4v) is 3.32. The van der Waals surface area contributed by atoms with Crippen molar-refractivity contribution in [2.75, 3.05) is 6.54 Å². The maximum atomic E-state index is 13.0. The van der Waals surface area contributed by atoms with Crippen molar-refractivity contribution in [3.8, 4) is 0 Å². The van der Waals surface area contributed by atoms with Crippen LogP contribution in [0.4, 0.5) is 0 Å². The van der Waals surface area contributed by atoms with Crippen LogP contribution in [0.3, 0.4) is 0 Å². The van der Waals surface area contributed by atoms with Crippen molar-refractivity contribution >= 4 is 11.8 Å². The predicted octanol–water partition coefficient (Wildman–Crippen LogP) is 2.72. The molecule has 1 heterocycles. The number of hydrogen-bond donors (Lipinski definition) is 1. The second-order valence-corrected chi connectivity index (χ2v) is 5.90. The smallest absolute Gasteiger partial charge is 0.248 e.